The fourth-order valence-corrected chi connectivity index (χ4v) is 2.67. The Balaban J connectivity index is 2.13. The molecule has 112 valence electrons. The summed E-state index contributed by atoms with van der Waals surface area (Å²) < 4.78 is 29.2. The molecule has 0 unspecified atom stereocenters. The van der Waals surface area contributed by atoms with Crippen molar-refractivity contribution in [1.82, 2.24) is 10.3 Å². The molecule has 21 heavy (non-hydrogen) atoms. The van der Waals surface area contributed by atoms with Crippen molar-refractivity contribution < 1.29 is 17.6 Å². The van der Waals surface area contributed by atoms with Gasteiger partial charge in [0.1, 0.15) is 5.76 Å². The molecule has 0 bridgehead atoms. The van der Waals surface area contributed by atoms with Gasteiger partial charge in [-0.2, -0.15) is 0 Å². The summed E-state index contributed by atoms with van der Waals surface area (Å²) in [5.74, 6) is -0.161. The lowest BCUT2D eigenvalue weighted by Crippen LogP contribution is -2.41. The third-order valence-corrected chi connectivity index (χ3v) is 4.44. The van der Waals surface area contributed by atoms with E-state index in [1.807, 2.05) is 13.8 Å². The highest BCUT2D eigenvalue weighted by Gasteiger charge is 2.17. The second kappa shape index (κ2) is 5.71. The number of rotatable bonds is 4. The van der Waals surface area contributed by atoms with Crippen molar-refractivity contribution in [3.05, 3.63) is 53.0 Å². The molecule has 1 aromatic heterocycles. The monoisotopic (exact) mass is 308 g/mol. The van der Waals surface area contributed by atoms with E-state index in [2.05, 4.69) is 10.3 Å². The van der Waals surface area contributed by atoms with Crippen molar-refractivity contribution in [2.24, 2.45) is 0 Å². The molecule has 2 N–H and O–H groups in total. The molecule has 2 aromatic rings. The fraction of sp³-hybridized carbons (Fsp3) is 0.214. The van der Waals surface area contributed by atoms with E-state index in [-0.39, 0.29) is 10.5 Å². The van der Waals surface area contributed by atoms with Crippen LogP contribution < -0.4 is 10.3 Å². The van der Waals surface area contributed by atoms with Crippen molar-refractivity contribution in [3.63, 3.8) is 0 Å². The van der Waals surface area contributed by atoms with Gasteiger partial charge in [0.05, 0.1) is 16.7 Å². The first-order chi connectivity index (χ1) is 9.81. The van der Waals surface area contributed by atoms with Crippen LogP contribution in [-0.2, 0) is 10.0 Å². The summed E-state index contributed by atoms with van der Waals surface area (Å²) in [5.41, 5.74) is 4.29. The summed E-state index contributed by atoms with van der Waals surface area (Å²) in [5, 5.41) is 0. The quantitative estimate of drug-likeness (QED) is 0.843. The Bertz CT molecular complexity index is 778. The predicted molar refractivity (Wildman–Crippen MR) is 77.1 cm³/mol. The van der Waals surface area contributed by atoms with Gasteiger partial charge < -0.3 is 4.42 Å². The first-order valence-electron chi connectivity index (χ1n) is 6.25. The normalized spacial score (nSPS) is 11.4. The highest BCUT2D eigenvalue weighted by atomic mass is 32.2. The summed E-state index contributed by atoms with van der Waals surface area (Å²) in [7, 11) is -3.81. The minimum atomic E-state index is -3.81. The Labute approximate surface area is 123 Å². The zero-order valence-corrected chi connectivity index (χ0v) is 12.7. The SMILES string of the molecule is Cc1ccc(S(=O)(=O)NNC(=O)c2ccoc2C)cc1C. The zero-order chi connectivity index (χ0) is 15.6. The molecule has 2 rings (SSSR count). The summed E-state index contributed by atoms with van der Waals surface area (Å²) in [4.78, 5) is 14.0. The van der Waals surface area contributed by atoms with Crippen LogP contribution in [-0.4, -0.2) is 14.3 Å². The lowest BCUT2D eigenvalue weighted by Gasteiger charge is -2.09. The molecule has 1 heterocycles. The van der Waals surface area contributed by atoms with E-state index in [0.717, 1.165) is 11.1 Å². The first-order valence-corrected chi connectivity index (χ1v) is 7.73. The fourth-order valence-electron chi connectivity index (χ4n) is 1.74. The Morgan fingerprint density at radius 1 is 1.10 bits per heavy atom. The number of carbonyl (C=O) groups excluding carboxylic acids is 1. The predicted octanol–water partition coefficient (Wildman–Crippen LogP) is 1.83. The summed E-state index contributed by atoms with van der Waals surface area (Å²) in [6, 6.07) is 6.22. The molecule has 0 atom stereocenters. The van der Waals surface area contributed by atoms with E-state index < -0.39 is 15.9 Å². The smallest absolute Gasteiger partial charge is 0.269 e. The molecule has 0 aliphatic rings. The number of hydrogen-bond donors (Lipinski definition) is 2. The Morgan fingerprint density at radius 3 is 2.38 bits per heavy atom. The van der Waals surface area contributed by atoms with Gasteiger partial charge in [0.25, 0.3) is 15.9 Å². The van der Waals surface area contributed by atoms with Crippen molar-refractivity contribution in [1.29, 1.82) is 0 Å². The van der Waals surface area contributed by atoms with Crippen LogP contribution in [0.5, 0.6) is 0 Å². The molecule has 6 nitrogen and oxygen atoms in total. The first kappa shape index (κ1) is 15.3. The molecule has 0 fully saturated rings. The largest absolute Gasteiger partial charge is 0.469 e. The number of furan rings is 1. The average Bonchev–Trinajstić information content (AvgIpc) is 2.85. The van der Waals surface area contributed by atoms with Crippen LogP contribution in [0.3, 0.4) is 0 Å². The van der Waals surface area contributed by atoms with E-state index in [4.69, 9.17) is 4.42 Å². The molecule has 0 saturated carbocycles. The third kappa shape index (κ3) is 3.32. The van der Waals surface area contributed by atoms with Gasteiger partial charge >= 0.3 is 0 Å². The van der Waals surface area contributed by atoms with Gasteiger partial charge in [0.15, 0.2) is 0 Å². The lowest BCUT2D eigenvalue weighted by molar-refractivity contribution is 0.0943. The molecule has 0 aliphatic carbocycles. The van der Waals surface area contributed by atoms with E-state index in [1.54, 1.807) is 19.1 Å². The number of amides is 1. The molecule has 0 spiro atoms. The molecule has 0 radical (unpaired) electrons. The molecule has 0 saturated heterocycles. The highest BCUT2D eigenvalue weighted by molar-refractivity contribution is 7.89. The van der Waals surface area contributed by atoms with Crippen molar-refractivity contribution in [2.45, 2.75) is 25.7 Å². The maximum atomic E-state index is 12.1. The van der Waals surface area contributed by atoms with E-state index in [9.17, 15) is 13.2 Å². The maximum Gasteiger partial charge on any atom is 0.269 e. The number of benzene rings is 1. The lowest BCUT2D eigenvalue weighted by atomic mass is 10.1. The molecule has 1 aromatic carbocycles. The van der Waals surface area contributed by atoms with Crippen LogP contribution in [0.2, 0.25) is 0 Å². The Morgan fingerprint density at radius 2 is 1.81 bits per heavy atom. The third-order valence-electron chi connectivity index (χ3n) is 3.19. The van der Waals surface area contributed by atoms with Crippen LogP contribution in [0.1, 0.15) is 27.2 Å². The maximum absolute atomic E-state index is 12.1. The number of sulfonamides is 1. The summed E-state index contributed by atoms with van der Waals surface area (Å²) in [6.45, 7) is 5.33. The van der Waals surface area contributed by atoms with Crippen LogP contribution in [0, 0.1) is 20.8 Å². The van der Waals surface area contributed by atoms with Crippen LogP contribution in [0.25, 0.3) is 0 Å². The van der Waals surface area contributed by atoms with Crippen molar-refractivity contribution in [2.75, 3.05) is 0 Å². The van der Waals surface area contributed by atoms with Crippen molar-refractivity contribution >= 4 is 15.9 Å². The number of hydrogen-bond acceptors (Lipinski definition) is 4. The van der Waals surface area contributed by atoms with Crippen molar-refractivity contribution in [3.8, 4) is 0 Å². The van der Waals surface area contributed by atoms with Gasteiger partial charge in [-0.25, -0.2) is 8.42 Å². The number of aryl methyl sites for hydroxylation is 3. The second-order valence-electron chi connectivity index (χ2n) is 4.70. The average molecular weight is 308 g/mol. The van der Waals surface area contributed by atoms with Gasteiger partial charge in [-0.3, -0.25) is 10.2 Å². The van der Waals surface area contributed by atoms with Crippen LogP contribution in [0.4, 0.5) is 0 Å². The molecular weight excluding hydrogens is 292 g/mol. The molecule has 0 aliphatic heterocycles. The molecular formula is C14H16N2O4S. The highest BCUT2D eigenvalue weighted by Crippen LogP contribution is 2.14. The summed E-state index contributed by atoms with van der Waals surface area (Å²) >= 11 is 0. The minimum Gasteiger partial charge on any atom is -0.469 e. The van der Waals surface area contributed by atoms with Gasteiger partial charge in [0.2, 0.25) is 0 Å². The van der Waals surface area contributed by atoms with Crippen LogP contribution >= 0.6 is 0 Å². The number of hydrazine groups is 1. The minimum absolute atomic E-state index is 0.0924. The number of nitrogens with one attached hydrogen (secondary N) is 2. The summed E-state index contributed by atoms with van der Waals surface area (Å²) in [6.07, 6.45) is 1.36. The Kier molecular flexibility index (Phi) is 4.15. The van der Waals surface area contributed by atoms with Gasteiger partial charge in [-0.1, -0.05) is 6.07 Å². The van der Waals surface area contributed by atoms with E-state index in [0.29, 0.717) is 5.76 Å². The standard InChI is InChI=1S/C14H16N2O4S/c1-9-4-5-12(8-10(9)2)21(18,19)16-15-14(17)13-6-7-20-11(13)3/h4-8,16H,1-3H3,(H,15,17). The Hall–Kier alpha value is -2.12. The van der Waals surface area contributed by atoms with Gasteiger partial charge in [0, 0.05) is 0 Å². The second-order valence-corrected chi connectivity index (χ2v) is 6.38. The topological polar surface area (TPSA) is 88.4 Å². The van der Waals surface area contributed by atoms with Crippen LogP contribution in [0.15, 0.2) is 39.8 Å². The zero-order valence-electron chi connectivity index (χ0n) is 11.9. The van der Waals surface area contributed by atoms with Gasteiger partial charge in [-0.05, 0) is 50.1 Å². The molecule has 1 amide bonds. The molecule has 7 heteroatoms. The number of carbonyl (C=O) groups is 1. The van der Waals surface area contributed by atoms with Gasteiger partial charge in [-0.15, -0.1) is 4.83 Å². The van der Waals surface area contributed by atoms with E-state index in [1.165, 1.54) is 18.4 Å². The van der Waals surface area contributed by atoms with E-state index >= 15 is 0 Å².